The third kappa shape index (κ3) is 11.3. The summed E-state index contributed by atoms with van der Waals surface area (Å²) in [5, 5.41) is 6.37. The van der Waals surface area contributed by atoms with Crippen molar-refractivity contribution in [1.82, 2.24) is 5.09 Å². The zero-order chi connectivity index (χ0) is 15.1. The number of rotatable bonds is 14. The van der Waals surface area contributed by atoms with Gasteiger partial charge in [0, 0.05) is 18.0 Å². The van der Waals surface area contributed by atoms with Crippen molar-refractivity contribution < 1.29 is 13.6 Å². The molecule has 0 heterocycles. The lowest BCUT2D eigenvalue weighted by Gasteiger charge is -2.17. The van der Waals surface area contributed by atoms with Gasteiger partial charge in [-0.25, -0.2) is 9.65 Å². The van der Waals surface area contributed by atoms with Crippen molar-refractivity contribution in [3.8, 4) is 0 Å². The van der Waals surface area contributed by atoms with E-state index in [0.29, 0.717) is 26.3 Å². The molecule has 0 bridgehead atoms. The van der Waals surface area contributed by atoms with Crippen molar-refractivity contribution in [2.75, 3.05) is 26.3 Å². The van der Waals surface area contributed by atoms with Crippen LogP contribution in [0, 0.1) is 0 Å². The SMILES string of the molecule is CCOP(=O)(NCCCCCCCCN=[N+]=[N-])OCC. The van der Waals surface area contributed by atoms with E-state index in [9.17, 15) is 4.57 Å². The fraction of sp³-hybridized carbons (Fsp3) is 1.00. The molecule has 0 aliphatic rings. The molecule has 1 N–H and O–H groups in total. The Hall–Kier alpha value is -0.580. The van der Waals surface area contributed by atoms with Crippen LogP contribution in [0.5, 0.6) is 0 Å². The molecular formula is C12H27N4O3P. The highest BCUT2D eigenvalue weighted by atomic mass is 31.2. The van der Waals surface area contributed by atoms with Crippen LogP contribution in [0.3, 0.4) is 0 Å². The summed E-state index contributed by atoms with van der Waals surface area (Å²) >= 11 is 0. The summed E-state index contributed by atoms with van der Waals surface area (Å²) < 4.78 is 22.3. The van der Waals surface area contributed by atoms with Crippen LogP contribution in [0.4, 0.5) is 0 Å². The van der Waals surface area contributed by atoms with E-state index in [-0.39, 0.29) is 0 Å². The molecule has 0 spiro atoms. The van der Waals surface area contributed by atoms with Crippen LogP contribution in [0.1, 0.15) is 52.4 Å². The molecule has 0 rings (SSSR count). The number of nitrogens with zero attached hydrogens (tertiary/aromatic N) is 3. The highest BCUT2D eigenvalue weighted by Crippen LogP contribution is 2.43. The van der Waals surface area contributed by atoms with E-state index in [1.54, 1.807) is 13.8 Å². The van der Waals surface area contributed by atoms with Gasteiger partial charge in [-0.05, 0) is 32.2 Å². The Balaban J connectivity index is 3.50. The molecule has 0 aliphatic heterocycles. The quantitative estimate of drug-likeness (QED) is 0.169. The van der Waals surface area contributed by atoms with E-state index in [4.69, 9.17) is 14.6 Å². The largest absolute Gasteiger partial charge is 0.405 e. The number of nitrogens with one attached hydrogen (secondary N) is 1. The fourth-order valence-corrected chi connectivity index (χ4v) is 3.11. The molecule has 0 aliphatic carbocycles. The molecule has 8 heteroatoms. The molecule has 0 radical (unpaired) electrons. The summed E-state index contributed by atoms with van der Waals surface area (Å²) in [4.78, 5) is 2.71. The van der Waals surface area contributed by atoms with Crippen LogP contribution in [0.25, 0.3) is 10.4 Å². The van der Waals surface area contributed by atoms with Gasteiger partial charge in [-0.1, -0.05) is 30.8 Å². The molecule has 0 aromatic rings. The van der Waals surface area contributed by atoms with Gasteiger partial charge in [0.15, 0.2) is 0 Å². The maximum absolute atomic E-state index is 12.1. The van der Waals surface area contributed by atoms with E-state index in [2.05, 4.69) is 15.1 Å². The zero-order valence-electron chi connectivity index (χ0n) is 12.6. The van der Waals surface area contributed by atoms with Gasteiger partial charge in [-0.2, -0.15) is 0 Å². The monoisotopic (exact) mass is 306 g/mol. The van der Waals surface area contributed by atoms with Gasteiger partial charge in [0.25, 0.3) is 0 Å². The van der Waals surface area contributed by atoms with Crippen LogP contribution in [0.2, 0.25) is 0 Å². The molecule has 0 amide bonds. The van der Waals surface area contributed by atoms with Crippen molar-refractivity contribution in [2.45, 2.75) is 52.4 Å². The Kier molecular flexibility index (Phi) is 13.0. The van der Waals surface area contributed by atoms with Crippen molar-refractivity contribution in [3.63, 3.8) is 0 Å². The Morgan fingerprint density at radius 1 is 1.05 bits per heavy atom. The van der Waals surface area contributed by atoms with Crippen LogP contribution < -0.4 is 5.09 Å². The fourth-order valence-electron chi connectivity index (χ4n) is 1.74. The maximum Gasteiger partial charge on any atom is 0.405 e. The molecule has 0 atom stereocenters. The summed E-state index contributed by atoms with van der Waals surface area (Å²) in [6, 6.07) is 0. The Morgan fingerprint density at radius 2 is 1.60 bits per heavy atom. The molecule has 20 heavy (non-hydrogen) atoms. The molecule has 7 nitrogen and oxygen atoms in total. The molecule has 0 fully saturated rings. The summed E-state index contributed by atoms with van der Waals surface area (Å²) in [5.41, 5.74) is 8.12. The Labute approximate surface area is 121 Å². The summed E-state index contributed by atoms with van der Waals surface area (Å²) in [7, 11) is -3.09. The first-order valence-electron chi connectivity index (χ1n) is 7.33. The average molecular weight is 306 g/mol. The lowest BCUT2D eigenvalue weighted by molar-refractivity contribution is 0.210. The highest BCUT2D eigenvalue weighted by Gasteiger charge is 2.21. The van der Waals surface area contributed by atoms with Crippen molar-refractivity contribution in [3.05, 3.63) is 10.4 Å². The second-order valence-electron chi connectivity index (χ2n) is 4.32. The molecule has 118 valence electrons. The zero-order valence-corrected chi connectivity index (χ0v) is 13.5. The Bertz CT molecular complexity index is 312. The molecule has 0 unspecified atom stereocenters. The molecule has 0 aromatic carbocycles. The first-order valence-corrected chi connectivity index (χ1v) is 8.88. The van der Waals surface area contributed by atoms with Gasteiger partial charge < -0.3 is 0 Å². The van der Waals surface area contributed by atoms with Gasteiger partial charge in [0.1, 0.15) is 0 Å². The smallest absolute Gasteiger partial charge is 0.297 e. The maximum atomic E-state index is 12.1. The van der Waals surface area contributed by atoms with Gasteiger partial charge >= 0.3 is 7.75 Å². The van der Waals surface area contributed by atoms with E-state index in [1.807, 2.05) is 0 Å². The second kappa shape index (κ2) is 13.4. The molecule has 0 saturated carbocycles. The van der Waals surface area contributed by atoms with E-state index < -0.39 is 7.75 Å². The minimum absolute atomic E-state index is 0.370. The topological polar surface area (TPSA) is 96.3 Å². The highest BCUT2D eigenvalue weighted by molar-refractivity contribution is 7.51. The van der Waals surface area contributed by atoms with Crippen LogP contribution in [0.15, 0.2) is 5.11 Å². The lowest BCUT2D eigenvalue weighted by Crippen LogP contribution is -2.16. The van der Waals surface area contributed by atoms with Crippen LogP contribution in [-0.4, -0.2) is 26.3 Å². The van der Waals surface area contributed by atoms with Crippen molar-refractivity contribution in [1.29, 1.82) is 0 Å². The third-order valence-electron chi connectivity index (χ3n) is 2.65. The Morgan fingerprint density at radius 3 is 2.15 bits per heavy atom. The number of azide groups is 1. The van der Waals surface area contributed by atoms with Gasteiger partial charge in [-0.15, -0.1) is 0 Å². The lowest BCUT2D eigenvalue weighted by atomic mass is 10.1. The summed E-state index contributed by atoms with van der Waals surface area (Å²) in [5.74, 6) is 0. The molecular weight excluding hydrogens is 279 g/mol. The first-order chi connectivity index (χ1) is 9.68. The van der Waals surface area contributed by atoms with Crippen molar-refractivity contribution >= 4 is 7.75 Å². The van der Waals surface area contributed by atoms with Gasteiger partial charge in [-0.3, -0.25) is 9.05 Å². The first kappa shape index (κ1) is 19.4. The number of unbranched alkanes of at least 4 members (excludes halogenated alkanes) is 5. The van der Waals surface area contributed by atoms with Gasteiger partial charge in [0.2, 0.25) is 0 Å². The van der Waals surface area contributed by atoms with Crippen molar-refractivity contribution in [2.24, 2.45) is 5.11 Å². The van der Waals surface area contributed by atoms with Crippen LogP contribution >= 0.6 is 7.75 Å². The second-order valence-corrected chi connectivity index (χ2v) is 6.14. The summed E-state index contributed by atoms with van der Waals surface area (Å²) in [6.07, 6.45) is 6.32. The minimum Gasteiger partial charge on any atom is -0.297 e. The third-order valence-corrected chi connectivity index (χ3v) is 4.46. The van der Waals surface area contributed by atoms with E-state index in [1.165, 1.54) is 0 Å². The number of hydrogen-bond acceptors (Lipinski definition) is 4. The predicted molar refractivity (Wildman–Crippen MR) is 80.6 cm³/mol. The van der Waals surface area contributed by atoms with E-state index in [0.717, 1.165) is 38.5 Å². The molecule has 0 aromatic heterocycles. The van der Waals surface area contributed by atoms with E-state index >= 15 is 0 Å². The molecule has 0 saturated heterocycles. The number of hydrogen-bond donors (Lipinski definition) is 1. The predicted octanol–water partition coefficient (Wildman–Crippen LogP) is 4.41. The normalized spacial score (nSPS) is 11.3. The van der Waals surface area contributed by atoms with Gasteiger partial charge in [0.05, 0.1) is 13.2 Å². The summed E-state index contributed by atoms with van der Waals surface area (Å²) in [6.45, 7) is 5.55. The van der Waals surface area contributed by atoms with Crippen LogP contribution in [-0.2, 0) is 13.6 Å². The minimum atomic E-state index is -3.09. The standard InChI is InChI=1S/C12H27N4O3P/c1-3-18-20(17,19-4-2)15-12-10-8-6-5-7-9-11-14-16-13/h3-12H2,1-2H3,(H,15,17). The average Bonchev–Trinajstić information content (AvgIpc) is 2.41.